The summed E-state index contributed by atoms with van der Waals surface area (Å²) in [6.07, 6.45) is 1.64. The van der Waals surface area contributed by atoms with Gasteiger partial charge in [-0.1, -0.05) is 15.9 Å². The molecule has 0 aliphatic carbocycles. The Kier molecular flexibility index (Phi) is 4.14. The lowest BCUT2D eigenvalue weighted by atomic mass is 10.1. The molecule has 0 aliphatic heterocycles. The van der Waals surface area contributed by atoms with Crippen LogP contribution in [0.4, 0.5) is 5.82 Å². The molecule has 3 nitrogen and oxygen atoms in total. The van der Waals surface area contributed by atoms with Crippen molar-refractivity contribution >= 4 is 43.6 Å². The van der Waals surface area contributed by atoms with E-state index in [4.69, 9.17) is 0 Å². The SMILES string of the molecule is Cc1cc(Br)cc(C(=O)Nc2ccc(Br)cn2)c1. The van der Waals surface area contributed by atoms with E-state index in [2.05, 4.69) is 42.2 Å². The van der Waals surface area contributed by atoms with Gasteiger partial charge in [-0.15, -0.1) is 0 Å². The third-order valence-corrected chi connectivity index (χ3v) is 3.20. The number of nitrogens with one attached hydrogen (secondary N) is 1. The molecule has 0 fully saturated rings. The predicted octanol–water partition coefficient (Wildman–Crippen LogP) is 4.17. The smallest absolute Gasteiger partial charge is 0.256 e. The Balaban J connectivity index is 2.19. The van der Waals surface area contributed by atoms with Gasteiger partial charge in [0.1, 0.15) is 5.82 Å². The number of aryl methyl sites for hydroxylation is 1. The maximum absolute atomic E-state index is 12.0. The second-order valence-corrected chi connectivity index (χ2v) is 5.66. The molecule has 0 spiro atoms. The molecule has 0 unspecified atom stereocenters. The van der Waals surface area contributed by atoms with Crippen LogP contribution in [0.3, 0.4) is 0 Å². The van der Waals surface area contributed by atoms with Crippen LogP contribution in [-0.2, 0) is 0 Å². The fourth-order valence-corrected chi connectivity index (χ4v) is 2.35. The Hall–Kier alpha value is -1.20. The molecular formula is C13H10Br2N2O. The average molecular weight is 370 g/mol. The molecule has 18 heavy (non-hydrogen) atoms. The first-order chi connectivity index (χ1) is 8.54. The zero-order valence-corrected chi connectivity index (χ0v) is 12.7. The third kappa shape index (κ3) is 3.40. The van der Waals surface area contributed by atoms with Crippen molar-refractivity contribution in [1.29, 1.82) is 0 Å². The van der Waals surface area contributed by atoms with Crippen molar-refractivity contribution in [2.75, 3.05) is 5.32 Å². The quantitative estimate of drug-likeness (QED) is 0.863. The number of pyridine rings is 1. The molecular weight excluding hydrogens is 360 g/mol. The van der Waals surface area contributed by atoms with Gasteiger partial charge in [0.25, 0.3) is 5.91 Å². The minimum atomic E-state index is -0.172. The minimum Gasteiger partial charge on any atom is -0.307 e. The van der Waals surface area contributed by atoms with Crippen molar-refractivity contribution in [2.45, 2.75) is 6.92 Å². The standard InChI is InChI=1S/C13H10Br2N2O/c1-8-4-9(6-11(15)5-8)13(18)17-12-3-2-10(14)7-16-12/h2-7H,1H3,(H,16,17,18). The number of benzene rings is 1. The van der Waals surface area contributed by atoms with Crippen LogP contribution in [0.25, 0.3) is 0 Å². The highest BCUT2D eigenvalue weighted by Crippen LogP contribution is 2.17. The van der Waals surface area contributed by atoms with Gasteiger partial charge in [-0.05, 0) is 58.7 Å². The Morgan fingerprint density at radius 3 is 2.56 bits per heavy atom. The number of hydrogen-bond acceptors (Lipinski definition) is 2. The Morgan fingerprint density at radius 2 is 1.94 bits per heavy atom. The van der Waals surface area contributed by atoms with Crippen LogP contribution in [0.5, 0.6) is 0 Å². The number of carbonyl (C=O) groups excluding carboxylic acids is 1. The first-order valence-electron chi connectivity index (χ1n) is 5.25. The summed E-state index contributed by atoms with van der Waals surface area (Å²) in [7, 11) is 0. The molecule has 0 bridgehead atoms. The number of hydrogen-bond donors (Lipinski definition) is 1. The van der Waals surface area contributed by atoms with Gasteiger partial charge in [0.2, 0.25) is 0 Å². The number of halogens is 2. The topological polar surface area (TPSA) is 42.0 Å². The van der Waals surface area contributed by atoms with E-state index in [9.17, 15) is 4.79 Å². The molecule has 2 rings (SSSR count). The van der Waals surface area contributed by atoms with Crippen LogP contribution >= 0.6 is 31.9 Å². The molecule has 0 saturated heterocycles. The highest BCUT2D eigenvalue weighted by atomic mass is 79.9. The van der Waals surface area contributed by atoms with Crippen LogP contribution in [-0.4, -0.2) is 10.9 Å². The summed E-state index contributed by atoms with van der Waals surface area (Å²) < 4.78 is 1.76. The van der Waals surface area contributed by atoms with Gasteiger partial charge in [-0.3, -0.25) is 4.79 Å². The fraction of sp³-hybridized carbons (Fsp3) is 0.0769. The van der Waals surface area contributed by atoms with Crippen molar-refractivity contribution in [1.82, 2.24) is 4.98 Å². The molecule has 5 heteroatoms. The van der Waals surface area contributed by atoms with E-state index in [1.807, 2.05) is 25.1 Å². The van der Waals surface area contributed by atoms with E-state index in [0.29, 0.717) is 11.4 Å². The van der Waals surface area contributed by atoms with Crippen molar-refractivity contribution in [3.05, 3.63) is 56.6 Å². The lowest BCUT2D eigenvalue weighted by Crippen LogP contribution is -2.13. The molecule has 1 amide bonds. The van der Waals surface area contributed by atoms with Crippen molar-refractivity contribution < 1.29 is 4.79 Å². The van der Waals surface area contributed by atoms with Crippen LogP contribution in [0.15, 0.2) is 45.5 Å². The lowest BCUT2D eigenvalue weighted by Gasteiger charge is -2.06. The van der Waals surface area contributed by atoms with Crippen LogP contribution in [0.2, 0.25) is 0 Å². The van der Waals surface area contributed by atoms with Crippen molar-refractivity contribution in [3.63, 3.8) is 0 Å². The number of carbonyl (C=O) groups is 1. The van der Waals surface area contributed by atoms with Crippen molar-refractivity contribution in [3.8, 4) is 0 Å². The number of aromatic nitrogens is 1. The highest BCUT2D eigenvalue weighted by molar-refractivity contribution is 9.10. The summed E-state index contributed by atoms with van der Waals surface area (Å²) in [4.78, 5) is 16.1. The van der Waals surface area contributed by atoms with Crippen LogP contribution < -0.4 is 5.32 Å². The van der Waals surface area contributed by atoms with E-state index in [-0.39, 0.29) is 5.91 Å². The lowest BCUT2D eigenvalue weighted by molar-refractivity contribution is 0.102. The second-order valence-electron chi connectivity index (χ2n) is 3.83. The molecule has 1 N–H and O–H groups in total. The van der Waals surface area contributed by atoms with E-state index in [1.54, 1.807) is 18.3 Å². The zero-order chi connectivity index (χ0) is 13.1. The number of rotatable bonds is 2. The summed E-state index contributed by atoms with van der Waals surface area (Å²) in [5, 5.41) is 2.75. The van der Waals surface area contributed by atoms with Gasteiger partial charge in [0.05, 0.1) is 0 Å². The summed E-state index contributed by atoms with van der Waals surface area (Å²) in [5.74, 6) is 0.357. The Labute approximate surface area is 122 Å². The maximum atomic E-state index is 12.0. The number of nitrogens with zero attached hydrogens (tertiary/aromatic N) is 1. The highest BCUT2D eigenvalue weighted by Gasteiger charge is 2.08. The predicted molar refractivity (Wildman–Crippen MR) is 78.8 cm³/mol. The van der Waals surface area contributed by atoms with Gasteiger partial charge in [-0.25, -0.2) is 4.98 Å². The maximum Gasteiger partial charge on any atom is 0.256 e. The van der Waals surface area contributed by atoms with E-state index in [1.165, 1.54) is 0 Å². The van der Waals surface area contributed by atoms with E-state index in [0.717, 1.165) is 14.5 Å². The normalized spacial score (nSPS) is 10.2. The van der Waals surface area contributed by atoms with Gasteiger partial charge >= 0.3 is 0 Å². The summed E-state index contributed by atoms with van der Waals surface area (Å²) in [6.45, 7) is 1.94. The molecule has 92 valence electrons. The molecule has 0 saturated carbocycles. The molecule has 0 atom stereocenters. The van der Waals surface area contributed by atoms with E-state index < -0.39 is 0 Å². The third-order valence-electron chi connectivity index (χ3n) is 2.27. The summed E-state index contributed by atoms with van der Waals surface area (Å²) in [6, 6.07) is 9.14. The first-order valence-corrected chi connectivity index (χ1v) is 6.83. The van der Waals surface area contributed by atoms with Crippen LogP contribution in [0.1, 0.15) is 15.9 Å². The zero-order valence-electron chi connectivity index (χ0n) is 9.58. The van der Waals surface area contributed by atoms with Gasteiger partial charge in [0, 0.05) is 20.7 Å². The Bertz CT molecular complexity index is 562. The van der Waals surface area contributed by atoms with E-state index >= 15 is 0 Å². The van der Waals surface area contributed by atoms with Crippen LogP contribution in [0, 0.1) is 6.92 Å². The average Bonchev–Trinajstić information content (AvgIpc) is 2.31. The molecule has 1 aromatic heterocycles. The molecule has 0 aliphatic rings. The van der Waals surface area contributed by atoms with Crippen molar-refractivity contribution in [2.24, 2.45) is 0 Å². The van der Waals surface area contributed by atoms with Gasteiger partial charge in [-0.2, -0.15) is 0 Å². The molecule has 1 heterocycles. The number of amides is 1. The van der Waals surface area contributed by atoms with Gasteiger partial charge < -0.3 is 5.32 Å². The second kappa shape index (κ2) is 5.63. The monoisotopic (exact) mass is 368 g/mol. The largest absolute Gasteiger partial charge is 0.307 e. The molecule has 0 radical (unpaired) electrons. The summed E-state index contributed by atoms with van der Waals surface area (Å²) >= 11 is 6.67. The minimum absolute atomic E-state index is 0.172. The first kappa shape index (κ1) is 13.2. The number of anilines is 1. The summed E-state index contributed by atoms with van der Waals surface area (Å²) in [5.41, 5.74) is 1.63. The molecule has 2 aromatic rings. The molecule has 1 aromatic carbocycles. The Morgan fingerprint density at radius 1 is 1.17 bits per heavy atom. The fourth-order valence-electron chi connectivity index (χ4n) is 1.51. The van der Waals surface area contributed by atoms with Gasteiger partial charge in [0.15, 0.2) is 0 Å².